The Morgan fingerprint density at radius 3 is 2.14 bits per heavy atom. The number of nitrogens with one attached hydrogen (secondary N) is 1. The van der Waals surface area contributed by atoms with E-state index in [1.807, 2.05) is 0 Å². The number of rotatable bonds is 13. The predicted molar refractivity (Wildman–Crippen MR) is 159 cm³/mol. The van der Waals surface area contributed by atoms with Crippen LogP contribution in [-0.4, -0.2) is 73.2 Å². The molecule has 0 bridgehead atoms. The number of methoxy groups -OCH3 is 4. The van der Waals surface area contributed by atoms with Crippen molar-refractivity contribution in [3.05, 3.63) is 71.2 Å². The Balaban J connectivity index is 2.18. The fraction of sp³-hybridized carbons (Fsp3) is 0.310. The third kappa shape index (κ3) is 7.18. The highest BCUT2D eigenvalue weighted by Gasteiger charge is 2.34. The van der Waals surface area contributed by atoms with Crippen molar-refractivity contribution >= 4 is 39.1 Å². The van der Waals surface area contributed by atoms with E-state index in [1.165, 1.54) is 70.7 Å². The number of amides is 2. The maximum Gasteiger partial charge on any atom is 0.265 e. The number of anilines is 1. The van der Waals surface area contributed by atoms with E-state index in [2.05, 4.69) is 5.32 Å². The molecular weight excluding hydrogens is 586 g/mol. The van der Waals surface area contributed by atoms with Crippen LogP contribution in [0.15, 0.2) is 65.6 Å². The third-order valence-electron chi connectivity index (χ3n) is 6.53. The number of ether oxygens (including phenoxy) is 4. The standard InChI is InChI=1S/C29H34ClN3O8S/c1-19(29(35)31-2)32(17-20-8-7-9-21(30)14-20)28(34)18-33(24-15-22(38-3)10-12-25(24)39-4)42(36,37)23-11-13-26(40-5)27(16-23)41-6/h7-16,19H,17-18H2,1-6H3,(H,31,35)/t19-/m1/s1. The summed E-state index contributed by atoms with van der Waals surface area (Å²) in [5.74, 6) is -0.0734. The van der Waals surface area contributed by atoms with Gasteiger partial charge in [-0.2, -0.15) is 0 Å². The first-order valence-electron chi connectivity index (χ1n) is 12.7. The molecule has 0 aliphatic heterocycles. The number of halogens is 1. The molecule has 1 atom stereocenters. The van der Waals surface area contributed by atoms with Crippen molar-refractivity contribution in [1.29, 1.82) is 0 Å². The molecule has 3 rings (SSSR count). The highest BCUT2D eigenvalue weighted by molar-refractivity contribution is 7.92. The van der Waals surface area contributed by atoms with Gasteiger partial charge in [0.2, 0.25) is 11.8 Å². The van der Waals surface area contributed by atoms with E-state index in [0.717, 1.165) is 4.31 Å². The zero-order chi connectivity index (χ0) is 31.0. The summed E-state index contributed by atoms with van der Waals surface area (Å²) in [6.07, 6.45) is 0. The average molecular weight is 620 g/mol. The van der Waals surface area contributed by atoms with Gasteiger partial charge >= 0.3 is 0 Å². The first-order chi connectivity index (χ1) is 20.0. The first-order valence-corrected chi connectivity index (χ1v) is 14.5. The molecule has 0 aliphatic rings. The molecule has 0 aliphatic carbocycles. The summed E-state index contributed by atoms with van der Waals surface area (Å²) in [5, 5.41) is 2.99. The molecule has 0 unspecified atom stereocenters. The lowest BCUT2D eigenvalue weighted by atomic mass is 10.1. The van der Waals surface area contributed by atoms with Gasteiger partial charge < -0.3 is 29.2 Å². The molecule has 3 aromatic carbocycles. The van der Waals surface area contributed by atoms with Crippen molar-refractivity contribution in [3.63, 3.8) is 0 Å². The summed E-state index contributed by atoms with van der Waals surface area (Å²) in [6, 6.07) is 14.6. The topological polar surface area (TPSA) is 124 Å². The quantitative estimate of drug-likeness (QED) is 0.307. The second kappa shape index (κ2) is 14.1. The van der Waals surface area contributed by atoms with Crippen molar-refractivity contribution in [2.24, 2.45) is 0 Å². The van der Waals surface area contributed by atoms with Gasteiger partial charge in [-0.3, -0.25) is 13.9 Å². The molecule has 0 radical (unpaired) electrons. The van der Waals surface area contributed by atoms with Gasteiger partial charge in [-0.1, -0.05) is 23.7 Å². The summed E-state index contributed by atoms with van der Waals surface area (Å²) < 4.78 is 50.8. The summed E-state index contributed by atoms with van der Waals surface area (Å²) >= 11 is 6.16. The van der Waals surface area contributed by atoms with E-state index in [4.69, 9.17) is 30.5 Å². The van der Waals surface area contributed by atoms with Crippen LogP contribution in [0.25, 0.3) is 0 Å². The maximum absolute atomic E-state index is 14.3. The number of nitrogens with zero attached hydrogens (tertiary/aromatic N) is 2. The second-order valence-electron chi connectivity index (χ2n) is 9.01. The molecule has 226 valence electrons. The predicted octanol–water partition coefficient (Wildman–Crippen LogP) is 3.73. The largest absolute Gasteiger partial charge is 0.497 e. The molecule has 13 heteroatoms. The Kier molecular flexibility index (Phi) is 10.9. The fourth-order valence-corrected chi connectivity index (χ4v) is 5.88. The number of carbonyl (C=O) groups excluding carboxylic acids is 2. The molecule has 0 spiro atoms. The van der Waals surface area contributed by atoms with E-state index in [-0.39, 0.29) is 28.6 Å². The van der Waals surface area contributed by atoms with Crippen LogP contribution in [0.2, 0.25) is 5.02 Å². The minimum Gasteiger partial charge on any atom is -0.497 e. The minimum atomic E-state index is -4.44. The van der Waals surface area contributed by atoms with Crippen LogP contribution in [0, 0.1) is 0 Å². The number of benzene rings is 3. The summed E-state index contributed by atoms with van der Waals surface area (Å²) in [6.45, 7) is 0.871. The van der Waals surface area contributed by atoms with Gasteiger partial charge in [-0.05, 0) is 48.9 Å². The molecule has 0 saturated heterocycles. The van der Waals surface area contributed by atoms with Crippen LogP contribution in [0.3, 0.4) is 0 Å². The number of sulfonamides is 1. The fourth-order valence-electron chi connectivity index (χ4n) is 4.23. The second-order valence-corrected chi connectivity index (χ2v) is 11.3. The Morgan fingerprint density at radius 1 is 0.881 bits per heavy atom. The Morgan fingerprint density at radius 2 is 1.55 bits per heavy atom. The summed E-state index contributed by atoms with van der Waals surface area (Å²) in [7, 11) is 2.65. The molecule has 0 fully saturated rings. The van der Waals surface area contributed by atoms with Gasteiger partial charge in [-0.25, -0.2) is 8.42 Å². The first kappa shape index (κ1) is 32.4. The smallest absolute Gasteiger partial charge is 0.265 e. The molecule has 42 heavy (non-hydrogen) atoms. The Hall–Kier alpha value is -4.16. The molecule has 11 nitrogen and oxygen atoms in total. The van der Waals surface area contributed by atoms with E-state index < -0.39 is 34.4 Å². The number of hydrogen-bond donors (Lipinski definition) is 1. The van der Waals surface area contributed by atoms with Crippen LogP contribution >= 0.6 is 11.6 Å². The van der Waals surface area contributed by atoms with Gasteiger partial charge in [0, 0.05) is 30.7 Å². The molecule has 3 aromatic rings. The van der Waals surface area contributed by atoms with Crippen molar-refractivity contribution in [2.75, 3.05) is 46.3 Å². The maximum atomic E-state index is 14.3. The Labute approximate surface area is 250 Å². The lowest BCUT2D eigenvalue weighted by Gasteiger charge is -2.32. The van der Waals surface area contributed by atoms with Gasteiger partial charge in [0.1, 0.15) is 24.1 Å². The van der Waals surface area contributed by atoms with E-state index >= 15 is 0 Å². The molecule has 0 saturated carbocycles. The van der Waals surface area contributed by atoms with Crippen molar-refractivity contribution in [3.8, 4) is 23.0 Å². The molecule has 2 amide bonds. The van der Waals surface area contributed by atoms with Crippen LogP contribution in [0.4, 0.5) is 5.69 Å². The molecule has 0 aromatic heterocycles. The lowest BCUT2D eigenvalue weighted by Crippen LogP contribution is -2.50. The zero-order valence-corrected chi connectivity index (χ0v) is 25.8. The zero-order valence-electron chi connectivity index (χ0n) is 24.2. The highest BCUT2D eigenvalue weighted by Crippen LogP contribution is 2.37. The van der Waals surface area contributed by atoms with E-state index in [1.54, 1.807) is 37.3 Å². The van der Waals surface area contributed by atoms with Gasteiger partial charge in [0.05, 0.1) is 39.0 Å². The van der Waals surface area contributed by atoms with Gasteiger partial charge in [0.15, 0.2) is 11.5 Å². The van der Waals surface area contributed by atoms with Gasteiger partial charge in [-0.15, -0.1) is 0 Å². The van der Waals surface area contributed by atoms with Crippen molar-refractivity contribution in [2.45, 2.75) is 24.4 Å². The van der Waals surface area contributed by atoms with Crippen LogP contribution in [0.5, 0.6) is 23.0 Å². The molecule has 1 N–H and O–H groups in total. The monoisotopic (exact) mass is 619 g/mol. The van der Waals surface area contributed by atoms with Crippen molar-refractivity contribution in [1.82, 2.24) is 10.2 Å². The van der Waals surface area contributed by atoms with Gasteiger partial charge in [0.25, 0.3) is 10.0 Å². The number of likely N-dealkylation sites (N-methyl/N-ethyl adjacent to an activating group) is 1. The third-order valence-corrected chi connectivity index (χ3v) is 8.52. The minimum absolute atomic E-state index is 0.00648. The van der Waals surface area contributed by atoms with Crippen LogP contribution in [-0.2, 0) is 26.2 Å². The SMILES string of the molecule is CNC(=O)[C@@H](C)N(Cc1cccc(Cl)c1)C(=O)CN(c1cc(OC)ccc1OC)S(=O)(=O)c1ccc(OC)c(OC)c1. The molecular formula is C29H34ClN3O8S. The molecule has 0 heterocycles. The number of carbonyl (C=O) groups is 2. The summed E-state index contributed by atoms with van der Waals surface area (Å²) in [4.78, 5) is 27.8. The average Bonchev–Trinajstić information content (AvgIpc) is 3.00. The van der Waals surface area contributed by atoms with Crippen LogP contribution < -0.4 is 28.6 Å². The van der Waals surface area contributed by atoms with E-state index in [0.29, 0.717) is 22.1 Å². The van der Waals surface area contributed by atoms with Crippen LogP contribution in [0.1, 0.15) is 12.5 Å². The lowest BCUT2D eigenvalue weighted by molar-refractivity contribution is -0.139. The number of hydrogen-bond acceptors (Lipinski definition) is 8. The normalized spacial score (nSPS) is 11.7. The highest BCUT2D eigenvalue weighted by atomic mass is 35.5. The summed E-state index contributed by atoms with van der Waals surface area (Å²) in [5.41, 5.74) is 0.704. The Bertz CT molecular complexity index is 1530. The van der Waals surface area contributed by atoms with E-state index in [9.17, 15) is 18.0 Å². The van der Waals surface area contributed by atoms with Crippen molar-refractivity contribution < 1.29 is 37.0 Å².